The molecule has 98 valence electrons. The molecular formula is C17H24O. The molecule has 4 atom stereocenters. The highest BCUT2D eigenvalue weighted by atomic mass is 16.3. The lowest BCUT2D eigenvalue weighted by atomic mass is 9.65. The van der Waals surface area contributed by atoms with Gasteiger partial charge in [-0.25, -0.2) is 0 Å². The highest BCUT2D eigenvalue weighted by Crippen LogP contribution is 2.64. The van der Waals surface area contributed by atoms with E-state index in [0.717, 1.165) is 23.3 Å². The van der Waals surface area contributed by atoms with E-state index in [4.69, 9.17) is 0 Å². The maximum atomic E-state index is 10.2. The topological polar surface area (TPSA) is 20.2 Å². The van der Waals surface area contributed by atoms with Crippen LogP contribution in [0.1, 0.15) is 50.7 Å². The Morgan fingerprint density at radius 3 is 2.50 bits per heavy atom. The fraction of sp³-hybridized carbons (Fsp3) is 0.647. The molecule has 1 heteroatoms. The third-order valence-electron chi connectivity index (χ3n) is 6.07. The average Bonchev–Trinajstić information content (AvgIpc) is 2.79. The summed E-state index contributed by atoms with van der Waals surface area (Å²) in [5.41, 5.74) is 2.82. The zero-order valence-electron chi connectivity index (χ0n) is 11.9. The Morgan fingerprint density at radius 1 is 1.22 bits per heavy atom. The summed E-state index contributed by atoms with van der Waals surface area (Å²) in [5.74, 6) is 3.46. The van der Waals surface area contributed by atoms with Crippen LogP contribution < -0.4 is 0 Å². The van der Waals surface area contributed by atoms with E-state index in [1.807, 2.05) is 13.0 Å². The van der Waals surface area contributed by atoms with Crippen molar-refractivity contribution in [3.63, 3.8) is 0 Å². The minimum atomic E-state index is 0.488. The molecule has 3 rings (SSSR count). The lowest BCUT2D eigenvalue weighted by molar-refractivity contribution is 0.121. The van der Waals surface area contributed by atoms with E-state index in [1.165, 1.54) is 18.4 Å². The third kappa shape index (κ3) is 1.52. The minimum absolute atomic E-state index is 0.488. The first-order valence-corrected chi connectivity index (χ1v) is 7.20. The van der Waals surface area contributed by atoms with Gasteiger partial charge < -0.3 is 5.11 Å². The van der Waals surface area contributed by atoms with Crippen molar-refractivity contribution in [1.29, 1.82) is 0 Å². The largest absolute Gasteiger partial charge is 0.508 e. The van der Waals surface area contributed by atoms with Gasteiger partial charge in [0, 0.05) is 0 Å². The Hall–Kier alpha value is -0.980. The zero-order valence-corrected chi connectivity index (χ0v) is 11.9. The molecule has 1 N–H and O–H groups in total. The number of rotatable bonds is 1. The van der Waals surface area contributed by atoms with Crippen LogP contribution in [0.2, 0.25) is 0 Å². The molecule has 0 amide bonds. The van der Waals surface area contributed by atoms with Gasteiger partial charge in [-0.3, -0.25) is 0 Å². The van der Waals surface area contributed by atoms with Gasteiger partial charge in [-0.1, -0.05) is 32.9 Å². The summed E-state index contributed by atoms with van der Waals surface area (Å²) in [6, 6.07) is 6.20. The molecule has 0 aliphatic heterocycles. The monoisotopic (exact) mass is 244 g/mol. The molecule has 1 aromatic rings. The smallest absolute Gasteiger partial charge is 0.119 e. The van der Waals surface area contributed by atoms with E-state index in [1.54, 1.807) is 0 Å². The summed E-state index contributed by atoms with van der Waals surface area (Å²) in [5, 5.41) is 10.2. The maximum Gasteiger partial charge on any atom is 0.119 e. The molecule has 2 fully saturated rings. The molecule has 2 aliphatic rings. The van der Waals surface area contributed by atoms with Gasteiger partial charge in [0.1, 0.15) is 5.75 Å². The predicted molar refractivity (Wildman–Crippen MR) is 74.7 cm³/mol. The molecule has 18 heavy (non-hydrogen) atoms. The number of phenols is 1. The third-order valence-corrected chi connectivity index (χ3v) is 6.07. The van der Waals surface area contributed by atoms with E-state index in [9.17, 15) is 5.11 Å². The first-order valence-electron chi connectivity index (χ1n) is 7.20. The maximum absolute atomic E-state index is 10.2. The molecule has 0 unspecified atom stereocenters. The van der Waals surface area contributed by atoms with Crippen LogP contribution in [0.15, 0.2) is 18.2 Å². The van der Waals surface area contributed by atoms with Crippen LogP contribution in [-0.2, 0) is 0 Å². The highest BCUT2D eigenvalue weighted by Gasteiger charge is 2.55. The summed E-state index contributed by atoms with van der Waals surface area (Å²) >= 11 is 0. The van der Waals surface area contributed by atoms with Crippen LogP contribution in [0, 0.1) is 30.1 Å². The molecule has 1 aromatic carbocycles. The van der Waals surface area contributed by atoms with Crippen LogP contribution in [0.25, 0.3) is 0 Å². The second kappa shape index (κ2) is 3.76. The van der Waals surface area contributed by atoms with Crippen LogP contribution >= 0.6 is 0 Å². The van der Waals surface area contributed by atoms with E-state index >= 15 is 0 Å². The predicted octanol–water partition coefficient (Wildman–Crippen LogP) is 4.49. The fourth-order valence-electron chi connectivity index (χ4n) is 4.48. The molecule has 0 spiro atoms. The van der Waals surface area contributed by atoms with E-state index in [2.05, 4.69) is 32.9 Å². The number of benzene rings is 1. The Balaban J connectivity index is 1.93. The number of fused-ring (bicyclic) bond motifs is 2. The molecular weight excluding hydrogens is 220 g/mol. The van der Waals surface area contributed by atoms with Gasteiger partial charge in [-0.05, 0) is 66.0 Å². The van der Waals surface area contributed by atoms with Crippen LogP contribution in [0.4, 0.5) is 0 Å². The van der Waals surface area contributed by atoms with Crippen molar-refractivity contribution < 1.29 is 5.11 Å². The minimum Gasteiger partial charge on any atom is -0.508 e. The SMILES string of the molecule is Cc1ccc([C@H]2C[C@H]3C[C@H]2[C@@H](C)C3(C)C)c(O)c1. The van der Waals surface area contributed by atoms with Gasteiger partial charge in [0.2, 0.25) is 0 Å². The molecule has 0 heterocycles. The Kier molecular flexibility index (Phi) is 2.52. The Bertz CT molecular complexity index is 470. The second-order valence-corrected chi connectivity index (χ2v) is 7.11. The fourth-order valence-corrected chi connectivity index (χ4v) is 4.48. The molecule has 2 saturated carbocycles. The van der Waals surface area contributed by atoms with E-state index in [0.29, 0.717) is 17.1 Å². The normalized spacial score (nSPS) is 37.1. The summed E-state index contributed by atoms with van der Waals surface area (Å²) in [6.45, 7) is 9.29. The summed E-state index contributed by atoms with van der Waals surface area (Å²) < 4.78 is 0. The van der Waals surface area contributed by atoms with Gasteiger partial charge in [0.25, 0.3) is 0 Å². The second-order valence-electron chi connectivity index (χ2n) is 7.11. The van der Waals surface area contributed by atoms with Crippen molar-refractivity contribution in [3.8, 4) is 5.75 Å². The van der Waals surface area contributed by atoms with Gasteiger partial charge >= 0.3 is 0 Å². The zero-order chi connectivity index (χ0) is 13.1. The Morgan fingerprint density at radius 2 is 1.94 bits per heavy atom. The van der Waals surface area contributed by atoms with Gasteiger partial charge in [-0.15, -0.1) is 0 Å². The van der Waals surface area contributed by atoms with E-state index < -0.39 is 0 Å². The lowest BCUT2D eigenvalue weighted by Gasteiger charge is -2.40. The molecule has 0 aromatic heterocycles. The van der Waals surface area contributed by atoms with Crippen molar-refractivity contribution in [2.45, 2.75) is 46.5 Å². The van der Waals surface area contributed by atoms with Gasteiger partial charge in [-0.2, -0.15) is 0 Å². The molecule has 0 saturated heterocycles. The molecule has 1 nitrogen and oxygen atoms in total. The molecule has 2 bridgehead atoms. The number of aryl methyl sites for hydroxylation is 1. The van der Waals surface area contributed by atoms with Gasteiger partial charge in [0.15, 0.2) is 0 Å². The van der Waals surface area contributed by atoms with Crippen molar-refractivity contribution in [2.24, 2.45) is 23.2 Å². The first kappa shape index (κ1) is 12.1. The van der Waals surface area contributed by atoms with Crippen molar-refractivity contribution in [1.82, 2.24) is 0 Å². The molecule has 0 radical (unpaired) electrons. The standard InChI is InChI=1S/C17H24O/c1-10-5-6-13(16(18)7-10)15-9-12-8-14(15)11(2)17(12,3)4/h5-7,11-12,14-15,18H,8-9H2,1-4H3/t11-,12-,14+,15-/m1/s1. The average molecular weight is 244 g/mol. The van der Waals surface area contributed by atoms with Crippen molar-refractivity contribution >= 4 is 0 Å². The highest BCUT2D eigenvalue weighted by molar-refractivity contribution is 5.40. The van der Waals surface area contributed by atoms with Crippen LogP contribution in [0.3, 0.4) is 0 Å². The summed E-state index contributed by atoms with van der Waals surface area (Å²) in [4.78, 5) is 0. The van der Waals surface area contributed by atoms with Gasteiger partial charge in [0.05, 0.1) is 0 Å². The van der Waals surface area contributed by atoms with Crippen LogP contribution in [-0.4, -0.2) is 5.11 Å². The number of phenolic OH excluding ortho intramolecular Hbond substituents is 1. The number of hydrogen-bond donors (Lipinski definition) is 1. The Labute approximate surface area is 110 Å². The number of aromatic hydroxyl groups is 1. The first-order chi connectivity index (χ1) is 8.41. The van der Waals surface area contributed by atoms with Crippen LogP contribution in [0.5, 0.6) is 5.75 Å². The molecule has 2 aliphatic carbocycles. The summed E-state index contributed by atoms with van der Waals surface area (Å²) in [7, 11) is 0. The summed E-state index contributed by atoms with van der Waals surface area (Å²) in [6.07, 6.45) is 2.62. The van der Waals surface area contributed by atoms with Crippen molar-refractivity contribution in [2.75, 3.05) is 0 Å². The van der Waals surface area contributed by atoms with Crippen molar-refractivity contribution in [3.05, 3.63) is 29.3 Å². The lowest BCUT2D eigenvalue weighted by Crippen LogP contribution is -2.32. The van der Waals surface area contributed by atoms with E-state index in [-0.39, 0.29) is 0 Å². The number of hydrogen-bond acceptors (Lipinski definition) is 1. The quantitative estimate of drug-likeness (QED) is 0.772.